The van der Waals surface area contributed by atoms with Crippen molar-refractivity contribution in [2.45, 2.75) is 109 Å². The average Bonchev–Trinajstić information content (AvgIpc) is 3.22. The molecule has 0 N–H and O–H groups in total. The molecule has 11 unspecified atom stereocenters. The van der Waals surface area contributed by atoms with Crippen LogP contribution in [0.4, 0.5) is 0 Å². The van der Waals surface area contributed by atoms with Gasteiger partial charge < -0.3 is 4.74 Å². The van der Waals surface area contributed by atoms with Crippen LogP contribution in [0.1, 0.15) is 97.3 Å². The van der Waals surface area contributed by atoms with E-state index in [0.29, 0.717) is 6.10 Å². The lowest BCUT2D eigenvalue weighted by atomic mass is 9.58. The summed E-state index contributed by atoms with van der Waals surface area (Å²) in [6, 6.07) is 0. The maximum absolute atomic E-state index is 7.09. The van der Waals surface area contributed by atoms with Crippen LogP contribution in [0, 0.1) is 53.3 Å². The Morgan fingerprint density at radius 3 is 2.15 bits per heavy atom. The fraction of sp³-hybridized carbons (Fsp3) is 1.00. The maximum Gasteiger partial charge on any atom is 0.0743 e. The first kappa shape index (κ1) is 17.8. The highest BCUT2D eigenvalue weighted by Crippen LogP contribution is 2.65. The van der Waals surface area contributed by atoms with Crippen molar-refractivity contribution in [3.8, 4) is 0 Å². The van der Waals surface area contributed by atoms with Gasteiger partial charge in [-0.05, 0) is 105 Å². The van der Waals surface area contributed by atoms with Crippen molar-refractivity contribution in [2.24, 2.45) is 53.3 Å². The smallest absolute Gasteiger partial charge is 0.0743 e. The third-order valence-corrected chi connectivity index (χ3v) is 11.4. The third-order valence-electron chi connectivity index (χ3n) is 11.4. The van der Waals surface area contributed by atoms with Crippen LogP contribution < -0.4 is 0 Å². The SMILES string of the molecule is CC1C2CCCCC2OC12CCC1C3CCC4CCCCC4C3CC1C2C. The summed E-state index contributed by atoms with van der Waals surface area (Å²) in [5.74, 6) is 8.93. The van der Waals surface area contributed by atoms with Gasteiger partial charge in [0, 0.05) is 0 Å². The first-order chi connectivity index (χ1) is 13.2. The highest BCUT2D eigenvalue weighted by Gasteiger charge is 2.62. The Morgan fingerprint density at radius 1 is 0.593 bits per heavy atom. The summed E-state index contributed by atoms with van der Waals surface area (Å²) in [6.07, 6.45) is 20.1. The van der Waals surface area contributed by atoms with E-state index in [2.05, 4.69) is 13.8 Å². The first-order valence-corrected chi connectivity index (χ1v) is 12.9. The van der Waals surface area contributed by atoms with Crippen LogP contribution in [0.25, 0.3) is 0 Å². The zero-order chi connectivity index (χ0) is 18.2. The molecular weight excluding hydrogens is 328 g/mol. The van der Waals surface area contributed by atoms with Gasteiger partial charge in [-0.15, -0.1) is 0 Å². The Morgan fingerprint density at radius 2 is 1.30 bits per heavy atom. The highest BCUT2D eigenvalue weighted by atomic mass is 16.5. The van der Waals surface area contributed by atoms with Crippen molar-refractivity contribution < 1.29 is 4.74 Å². The molecule has 5 saturated carbocycles. The second-order valence-corrected chi connectivity index (χ2v) is 11.9. The van der Waals surface area contributed by atoms with E-state index in [0.717, 1.165) is 53.3 Å². The van der Waals surface area contributed by atoms with Crippen molar-refractivity contribution >= 4 is 0 Å². The fourth-order valence-electron chi connectivity index (χ4n) is 10.2. The molecule has 6 aliphatic rings. The number of fused-ring (bicyclic) bond motifs is 6. The molecule has 6 fully saturated rings. The molecule has 11 atom stereocenters. The van der Waals surface area contributed by atoms with Gasteiger partial charge in [-0.25, -0.2) is 0 Å². The molecule has 27 heavy (non-hydrogen) atoms. The standard InChI is InChI=1S/C26H42O/c1-16-19-8-5-6-10-25(19)27-26(16)14-13-22-21-12-11-18-7-3-4-9-20(18)24(21)15-23(22)17(26)2/h16-25H,3-15H2,1-2H3. The molecule has 0 aromatic heterocycles. The fourth-order valence-corrected chi connectivity index (χ4v) is 10.2. The molecule has 0 aromatic rings. The normalized spacial score (nSPS) is 59.8. The summed E-state index contributed by atoms with van der Waals surface area (Å²) in [6.45, 7) is 5.23. The predicted molar refractivity (Wildman–Crippen MR) is 110 cm³/mol. The van der Waals surface area contributed by atoms with Gasteiger partial charge >= 0.3 is 0 Å². The van der Waals surface area contributed by atoms with Crippen molar-refractivity contribution in [3.05, 3.63) is 0 Å². The van der Waals surface area contributed by atoms with E-state index in [1.54, 1.807) is 32.1 Å². The Bertz CT molecular complexity index is 571. The topological polar surface area (TPSA) is 9.23 Å². The molecule has 6 rings (SSSR count). The molecular formula is C26H42O. The zero-order valence-electron chi connectivity index (χ0n) is 17.9. The van der Waals surface area contributed by atoms with Gasteiger partial charge in [0.25, 0.3) is 0 Å². The molecule has 0 aromatic carbocycles. The predicted octanol–water partition coefficient (Wildman–Crippen LogP) is 6.85. The third kappa shape index (κ3) is 2.45. The zero-order valence-corrected chi connectivity index (χ0v) is 17.9. The molecule has 1 heteroatoms. The van der Waals surface area contributed by atoms with Crippen molar-refractivity contribution in [2.75, 3.05) is 0 Å². The van der Waals surface area contributed by atoms with E-state index >= 15 is 0 Å². The molecule has 1 saturated heterocycles. The van der Waals surface area contributed by atoms with E-state index in [1.165, 1.54) is 51.4 Å². The van der Waals surface area contributed by atoms with Crippen molar-refractivity contribution in [1.29, 1.82) is 0 Å². The van der Waals surface area contributed by atoms with Crippen LogP contribution in [-0.4, -0.2) is 11.7 Å². The van der Waals surface area contributed by atoms with E-state index in [-0.39, 0.29) is 5.60 Å². The summed E-state index contributed by atoms with van der Waals surface area (Å²) >= 11 is 0. The lowest BCUT2D eigenvalue weighted by Gasteiger charge is -2.49. The summed E-state index contributed by atoms with van der Waals surface area (Å²) < 4.78 is 7.09. The summed E-state index contributed by atoms with van der Waals surface area (Å²) in [5, 5.41) is 0. The molecule has 0 bridgehead atoms. The minimum atomic E-state index is 0.250. The van der Waals surface area contributed by atoms with Crippen LogP contribution in [0.3, 0.4) is 0 Å². The monoisotopic (exact) mass is 370 g/mol. The highest BCUT2D eigenvalue weighted by molar-refractivity contribution is 5.11. The van der Waals surface area contributed by atoms with Gasteiger partial charge in [0.15, 0.2) is 0 Å². The maximum atomic E-state index is 7.09. The Hall–Kier alpha value is -0.0400. The second-order valence-electron chi connectivity index (χ2n) is 11.9. The van der Waals surface area contributed by atoms with E-state index in [4.69, 9.17) is 4.74 Å². The lowest BCUT2D eigenvalue weighted by molar-refractivity contribution is -0.141. The van der Waals surface area contributed by atoms with Gasteiger partial charge in [0.1, 0.15) is 0 Å². The number of rotatable bonds is 0. The molecule has 0 radical (unpaired) electrons. The Kier molecular flexibility index (Phi) is 4.27. The van der Waals surface area contributed by atoms with Gasteiger partial charge in [-0.2, -0.15) is 0 Å². The summed E-state index contributed by atoms with van der Waals surface area (Å²) in [5.41, 5.74) is 0.250. The van der Waals surface area contributed by atoms with E-state index in [9.17, 15) is 0 Å². The van der Waals surface area contributed by atoms with Crippen LogP contribution in [0.2, 0.25) is 0 Å². The quantitative estimate of drug-likeness (QED) is 0.453. The van der Waals surface area contributed by atoms with Gasteiger partial charge in [-0.1, -0.05) is 46.0 Å². The largest absolute Gasteiger partial charge is 0.371 e. The van der Waals surface area contributed by atoms with Crippen molar-refractivity contribution in [3.63, 3.8) is 0 Å². The van der Waals surface area contributed by atoms with Gasteiger partial charge in [0.2, 0.25) is 0 Å². The first-order valence-electron chi connectivity index (χ1n) is 12.9. The van der Waals surface area contributed by atoms with Gasteiger partial charge in [-0.3, -0.25) is 0 Å². The van der Waals surface area contributed by atoms with Crippen LogP contribution in [0.15, 0.2) is 0 Å². The van der Waals surface area contributed by atoms with Gasteiger partial charge in [0.05, 0.1) is 11.7 Å². The second kappa shape index (κ2) is 6.48. The van der Waals surface area contributed by atoms with Crippen molar-refractivity contribution in [1.82, 2.24) is 0 Å². The molecule has 152 valence electrons. The number of ether oxygens (including phenoxy) is 1. The number of hydrogen-bond donors (Lipinski definition) is 0. The minimum Gasteiger partial charge on any atom is -0.371 e. The molecule has 1 aliphatic heterocycles. The summed E-state index contributed by atoms with van der Waals surface area (Å²) in [4.78, 5) is 0. The molecule has 1 spiro atoms. The van der Waals surface area contributed by atoms with Crippen LogP contribution >= 0.6 is 0 Å². The van der Waals surface area contributed by atoms with E-state index in [1.807, 2.05) is 0 Å². The molecule has 1 nitrogen and oxygen atoms in total. The molecule has 5 aliphatic carbocycles. The van der Waals surface area contributed by atoms with E-state index < -0.39 is 0 Å². The average molecular weight is 371 g/mol. The molecule has 0 amide bonds. The minimum absolute atomic E-state index is 0.250. The van der Waals surface area contributed by atoms with Crippen LogP contribution in [-0.2, 0) is 4.74 Å². The van der Waals surface area contributed by atoms with Crippen LogP contribution in [0.5, 0.6) is 0 Å². The molecule has 1 heterocycles. The Balaban J connectivity index is 1.26. The Labute approximate surface area is 167 Å². The number of hydrogen-bond acceptors (Lipinski definition) is 1. The lowest BCUT2D eigenvalue weighted by Crippen LogP contribution is -2.50. The summed E-state index contributed by atoms with van der Waals surface area (Å²) in [7, 11) is 0.